The smallest absolute Gasteiger partial charge is 0.305 e. The number of carboxylic acid groups (broad SMARTS) is 1. The van der Waals surface area contributed by atoms with Crippen LogP contribution in [0.5, 0.6) is 0 Å². The van der Waals surface area contributed by atoms with Crippen molar-refractivity contribution in [2.75, 3.05) is 13.6 Å². The maximum absolute atomic E-state index is 12.7. The van der Waals surface area contributed by atoms with Crippen LogP contribution < -0.4 is 0 Å². The van der Waals surface area contributed by atoms with Gasteiger partial charge in [0.25, 0.3) is 0 Å². The first-order chi connectivity index (χ1) is 13.3. The van der Waals surface area contributed by atoms with Crippen LogP contribution in [-0.2, 0) is 16.0 Å². The Morgan fingerprint density at radius 3 is 2.54 bits per heavy atom. The van der Waals surface area contributed by atoms with Gasteiger partial charge in [0.1, 0.15) is 5.65 Å². The first kappa shape index (κ1) is 19.6. The van der Waals surface area contributed by atoms with E-state index in [1.807, 2.05) is 35.7 Å². The van der Waals surface area contributed by atoms with Crippen molar-refractivity contribution in [3.63, 3.8) is 0 Å². The maximum atomic E-state index is 12.7. The van der Waals surface area contributed by atoms with Gasteiger partial charge in [-0.15, -0.1) is 0 Å². The molecule has 0 aliphatic carbocycles. The van der Waals surface area contributed by atoms with E-state index in [-0.39, 0.29) is 25.3 Å². The number of carbonyl (C=O) groups is 2. The Kier molecular flexibility index (Phi) is 5.49. The number of carboxylic acids is 1. The average molecular weight is 379 g/mol. The number of nitrogens with zero attached hydrogens (tertiary/aromatic N) is 3. The number of amides is 1. The van der Waals surface area contributed by atoms with Gasteiger partial charge < -0.3 is 14.4 Å². The van der Waals surface area contributed by atoms with E-state index in [1.54, 1.807) is 7.05 Å². The summed E-state index contributed by atoms with van der Waals surface area (Å²) in [5, 5.41) is 8.86. The van der Waals surface area contributed by atoms with E-state index in [0.29, 0.717) is 0 Å². The van der Waals surface area contributed by atoms with Crippen LogP contribution >= 0.6 is 0 Å². The Labute approximate surface area is 164 Å². The van der Waals surface area contributed by atoms with Gasteiger partial charge in [0.15, 0.2) is 0 Å². The number of aryl methyl sites for hydroxylation is 3. The van der Waals surface area contributed by atoms with Crippen LogP contribution in [0.4, 0.5) is 0 Å². The van der Waals surface area contributed by atoms with E-state index >= 15 is 0 Å². The molecule has 6 heteroatoms. The first-order valence-corrected chi connectivity index (χ1v) is 9.28. The highest BCUT2D eigenvalue weighted by Gasteiger charge is 2.20. The summed E-state index contributed by atoms with van der Waals surface area (Å²) >= 11 is 0. The number of hydrogen-bond acceptors (Lipinski definition) is 3. The van der Waals surface area contributed by atoms with E-state index in [4.69, 9.17) is 10.1 Å². The second kappa shape index (κ2) is 7.84. The van der Waals surface area contributed by atoms with E-state index in [2.05, 4.69) is 26.0 Å². The van der Waals surface area contributed by atoms with Gasteiger partial charge in [-0.2, -0.15) is 0 Å². The van der Waals surface area contributed by atoms with Gasteiger partial charge >= 0.3 is 5.97 Å². The van der Waals surface area contributed by atoms with E-state index < -0.39 is 5.97 Å². The van der Waals surface area contributed by atoms with Crippen molar-refractivity contribution in [3.8, 4) is 11.3 Å². The molecular weight excluding hydrogens is 354 g/mol. The Bertz CT molecular complexity index is 1050. The predicted molar refractivity (Wildman–Crippen MR) is 108 cm³/mol. The monoisotopic (exact) mass is 379 g/mol. The largest absolute Gasteiger partial charge is 0.481 e. The molecule has 0 aliphatic heterocycles. The normalized spacial score (nSPS) is 11.0. The fourth-order valence-corrected chi connectivity index (χ4v) is 3.21. The summed E-state index contributed by atoms with van der Waals surface area (Å²) < 4.78 is 1.96. The molecule has 3 aromatic rings. The van der Waals surface area contributed by atoms with Gasteiger partial charge in [-0.1, -0.05) is 18.2 Å². The number of fused-ring (bicyclic) bond motifs is 1. The van der Waals surface area contributed by atoms with E-state index in [9.17, 15) is 9.59 Å². The second-order valence-electron chi connectivity index (χ2n) is 7.23. The molecule has 1 amide bonds. The van der Waals surface area contributed by atoms with Crippen molar-refractivity contribution in [2.45, 2.75) is 33.6 Å². The summed E-state index contributed by atoms with van der Waals surface area (Å²) in [6, 6.07) is 10.1. The van der Waals surface area contributed by atoms with Gasteiger partial charge in [-0.05, 0) is 49.6 Å². The molecule has 0 saturated heterocycles. The third kappa shape index (κ3) is 3.91. The van der Waals surface area contributed by atoms with Crippen molar-refractivity contribution in [1.29, 1.82) is 0 Å². The molecule has 2 aromatic heterocycles. The number of hydrogen-bond donors (Lipinski definition) is 1. The number of benzene rings is 1. The summed E-state index contributed by atoms with van der Waals surface area (Å²) in [6.45, 7) is 6.30. The SMILES string of the molecule is Cc1ccc(-c2nc3c(C)cccn3c2CC(=O)N(C)CCC(=O)O)cc1C. The third-order valence-electron chi connectivity index (χ3n) is 5.13. The van der Waals surface area contributed by atoms with Crippen LogP contribution in [0.2, 0.25) is 0 Å². The maximum Gasteiger partial charge on any atom is 0.305 e. The summed E-state index contributed by atoms with van der Waals surface area (Å²) in [5.41, 5.74) is 6.81. The fourth-order valence-electron chi connectivity index (χ4n) is 3.21. The molecule has 0 spiro atoms. The zero-order valence-electron chi connectivity index (χ0n) is 16.7. The van der Waals surface area contributed by atoms with Crippen molar-refractivity contribution < 1.29 is 14.7 Å². The zero-order chi connectivity index (χ0) is 20.4. The fraction of sp³-hybridized carbons (Fsp3) is 0.318. The third-order valence-corrected chi connectivity index (χ3v) is 5.13. The quantitative estimate of drug-likeness (QED) is 0.712. The summed E-state index contributed by atoms with van der Waals surface area (Å²) in [6.07, 6.45) is 2.00. The van der Waals surface area contributed by atoms with Crippen LogP contribution in [0.1, 0.15) is 28.8 Å². The predicted octanol–water partition coefficient (Wildman–Crippen LogP) is 3.40. The lowest BCUT2D eigenvalue weighted by Gasteiger charge is -2.16. The molecule has 0 bridgehead atoms. The standard InChI is InChI=1S/C22H25N3O3/c1-14-7-8-17(12-16(14)3)21-18(13-19(26)24(4)11-9-20(27)28)25-10-5-6-15(2)22(25)23-21/h5-8,10,12H,9,11,13H2,1-4H3,(H,27,28). The molecular formula is C22H25N3O3. The number of likely N-dealkylation sites (N-methyl/N-ethyl adjacent to an activating group) is 1. The van der Waals surface area contributed by atoms with Crippen molar-refractivity contribution in [1.82, 2.24) is 14.3 Å². The number of rotatable bonds is 6. The topological polar surface area (TPSA) is 74.9 Å². The minimum Gasteiger partial charge on any atom is -0.481 e. The van der Waals surface area contributed by atoms with Gasteiger partial charge in [0, 0.05) is 25.4 Å². The number of carbonyl (C=O) groups excluding carboxylic acids is 1. The summed E-state index contributed by atoms with van der Waals surface area (Å²) in [7, 11) is 1.63. The van der Waals surface area contributed by atoms with Crippen molar-refractivity contribution in [2.24, 2.45) is 0 Å². The number of imidazole rings is 1. The number of aliphatic carboxylic acids is 1. The van der Waals surface area contributed by atoms with E-state index in [1.165, 1.54) is 16.0 Å². The molecule has 0 fully saturated rings. The van der Waals surface area contributed by atoms with Crippen molar-refractivity contribution >= 4 is 17.5 Å². The van der Waals surface area contributed by atoms with Crippen molar-refractivity contribution in [3.05, 3.63) is 58.9 Å². The van der Waals surface area contributed by atoms with Gasteiger partial charge in [0.2, 0.25) is 5.91 Å². The lowest BCUT2D eigenvalue weighted by Crippen LogP contribution is -2.30. The highest BCUT2D eigenvalue weighted by atomic mass is 16.4. The van der Waals surface area contributed by atoms with Crippen LogP contribution in [0.3, 0.4) is 0 Å². The van der Waals surface area contributed by atoms with Crippen LogP contribution in [0, 0.1) is 20.8 Å². The lowest BCUT2D eigenvalue weighted by molar-refractivity contribution is -0.138. The van der Waals surface area contributed by atoms with Crippen LogP contribution in [0.15, 0.2) is 36.5 Å². The molecule has 6 nitrogen and oxygen atoms in total. The highest BCUT2D eigenvalue weighted by molar-refractivity contribution is 5.82. The second-order valence-corrected chi connectivity index (χ2v) is 7.23. The Balaban J connectivity index is 2.04. The molecule has 146 valence electrons. The van der Waals surface area contributed by atoms with Crippen LogP contribution in [0.25, 0.3) is 16.9 Å². The van der Waals surface area contributed by atoms with Gasteiger partial charge in [-0.25, -0.2) is 4.98 Å². The van der Waals surface area contributed by atoms with Crippen LogP contribution in [-0.4, -0.2) is 44.9 Å². The van der Waals surface area contributed by atoms with Gasteiger partial charge in [0.05, 0.1) is 24.2 Å². The Hall–Kier alpha value is -3.15. The number of pyridine rings is 1. The first-order valence-electron chi connectivity index (χ1n) is 9.28. The molecule has 0 radical (unpaired) electrons. The molecule has 0 aliphatic rings. The summed E-state index contributed by atoms with van der Waals surface area (Å²) in [4.78, 5) is 29.9. The Morgan fingerprint density at radius 2 is 1.86 bits per heavy atom. The molecule has 0 saturated carbocycles. The molecule has 0 atom stereocenters. The molecule has 1 N–H and O–H groups in total. The lowest BCUT2D eigenvalue weighted by atomic mass is 10.0. The minimum absolute atomic E-state index is 0.0709. The molecule has 3 rings (SSSR count). The molecule has 1 aromatic carbocycles. The average Bonchev–Trinajstić information content (AvgIpc) is 3.02. The minimum atomic E-state index is -0.916. The zero-order valence-corrected chi connectivity index (χ0v) is 16.7. The van der Waals surface area contributed by atoms with E-state index in [0.717, 1.165) is 28.2 Å². The highest BCUT2D eigenvalue weighted by Crippen LogP contribution is 2.28. The number of aromatic nitrogens is 2. The summed E-state index contributed by atoms with van der Waals surface area (Å²) in [5.74, 6) is -1.05. The molecule has 2 heterocycles. The van der Waals surface area contributed by atoms with Gasteiger partial charge in [-0.3, -0.25) is 9.59 Å². The Morgan fingerprint density at radius 1 is 1.11 bits per heavy atom. The molecule has 0 unspecified atom stereocenters. The molecule has 28 heavy (non-hydrogen) atoms.